The molecule has 2 aromatic rings. The highest BCUT2D eigenvalue weighted by Crippen LogP contribution is 2.44. The van der Waals surface area contributed by atoms with Gasteiger partial charge in [-0.15, -0.1) is 11.6 Å². The maximum atomic E-state index is 5.80. The van der Waals surface area contributed by atoms with Crippen LogP contribution in [-0.4, -0.2) is 15.2 Å². The van der Waals surface area contributed by atoms with Crippen LogP contribution in [0.4, 0.5) is 0 Å². The number of H-pyrrole nitrogens is 1. The lowest BCUT2D eigenvalue weighted by atomic mass is 9.78. The maximum absolute atomic E-state index is 5.80. The standard InChI is InChI=1S/C14H16ClN3/c15-10-12-16-13(18-17-12)14(8-4-5-9-14)11-6-2-1-3-7-11/h1-3,6-7H,4-5,8-10H2,(H,16,17,18). The lowest BCUT2D eigenvalue weighted by Gasteiger charge is -2.26. The number of benzene rings is 1. The molecule has 1 aromatic carbocycles. The zero-order valence-electron chi connectivity index (χ0n) is 10.2. The molecule has 1 aliphatic carbocycles. The number of aromatic amines is 1. The van der Waals surface area contributed by atoms with Crippen molar-refractivity contribution in [1.29, 1.82) is 0 Å². The second-order valence-electron chi connectivity index (χ2n) is 4.89. The van der Waals surface area contributed by atoms with Gasteiger partial charge in [0, 0.05) is 0 Å². The van der Waals surface area contributed by atoms with Crippen LogP contribution in [0, 0.1) is 0 Å². The molecule has 0 bridgehead atoms. The summed E-state index contributed by atoms with van der Waals surface area (Å²) in [7, 11) is 0. The lowest BCUT2D eigenvalue weighted by Crippen LogP contribution is -2.25. The molecule has 3 rings (SSSR count). The van der Waals surface area contributed by atoms with Gasteiger partial charge < -0.3 is 0 Å². The van der Waals surface area contributed by atoms with E-state index in [4.69, 9.17) is 11.6 Å². The van der Waals surface area contributed by atoms with Crippen LogP contribution in [0.2, 0.25) is 0 Å². The van der Waals surface area contributed by atoms with Gasteiger partial charge in [0.05, 0.1) is 11.3 Å². The molecule has 1 saturated carbocycles. The zero-order chi connectivity index (χ0) is 12.4. The normalized spacial score (nSPS) is 18.1. The van der Waals surface area contributed by atoms with Crippen LogP contribution < -0.4 is 0 Å². The van der Waals surface area contributed by atoms with Gasteiger partial charge in [-0.1, -0.05) is 43.2 Å². The van der Waals surface area contributed by atoms with E-state index in [0.29, 0.717) is 5.88 Å². The van der Waals surface area contributed by atoms with E-state index in [1.807, 2.05) is 6.07 Å². The smallest absolute Gasteiger partial charge is 0.161 e. The largest absolute Gasteiger partial charge is 0.262 e. The lowest BCUT2D eigenvalue weighted by molar-refractivity contribution is 0.501. The molecular weight excluding hydrogens is 246 g/mol. The van der Waals surface area contributed by atoms with E-state index >= 15 is 0 Å². The highest BCUT2D eigenvalue weighted by Gasteiger charge is 2.40. The Morgan fingerprint density at radius 3 is 2.50 bits per heavy atom. The molecule has 94 valence electrons. The Kier molecular flexibility index (Phi) is 3.08. The summed E-state index contributed by atoms with van der Waals surface area (Å²) in [5.41, 5.74) is 1.31. The van der Waals surface area contributed by atoms with Crippen molar-refractivity contribution in [2.75, 3.05) is 0 Å². The highest BCUT2D eigenvalue weighted by atomic mass is 35.5. The SMILES string of the molecule is ClCc1nc(C2(c3ccccc3)CCCC2)n[nH]1. The summed E-state index contributed by atoms with van der Waals surface area (Å²) in [6.07, 6.45) is 4.71. The first-order valence-corrected chi connectivity index (χ1v) is 6.92. The number of hydrogen-bond acceptors (Lipinski definition) is 2. The zero-order valence-corrected chi connectivity index (χ0v) is 11.0. The molecule has 4 heteroatoms. The Labute approximate surface area is 112 Å². The number of nitrogens with zero attached hydrogens (tertiary/aromatic N) is 2. The van der Waals surface area contributed by atoms with Crippen LogP contribution in [0.15, 0.2) is 30.3 Å². The number of hydrogen-bond donors (Lipinski definition) is 1. The van der Waals surface area contributed by atoms with E-state index in [-0.39, 0.29) is 5.41 Å². The summed E-state index contributed by atoms with van der Waals surface area (Å²) in [5.74, 6) is 2.05. The second kappa shape index (κ2) is 4.73. The first-order valence-electron chi connectivity index (χ1n) is 6.38. The predicted molar refractivity (Wildman–Crippen MR) is 71.6 cm³/mol. The molecule has 1 aliphatic rings. The van der Waals surface area contributed by atoms with Crippen molar-refractivity contribution in [2.24, 2.45) is 0 Å². The summed E-state index contributed by atoms with van der Waals surface area (Å²) < 4.78 is 0. The molecule has 3 nitrogen and oxygen atoms in total. The van der Waals surface area contributed by atoms with E-state index in [1.54, 1.807) is 0 Å². The Hall–Kier alpha value is -1.35. The monoisotopic (exact) mass is 261 g/mol. The molecule has 0 atom stereocenters. The van der Waals surface area contributed by atoms with Gasteiger partial charge in [0.1, 0.15) is 5.82 Å². The highest BCUT2D eigenvalue weighted by molar-refractivity contribution is 6.16. The maximum Gasteiger partial charge on any atom is 0.161 e. The minimum Gasteiger partial charge on any atom is -0.262 e. The van der Waals surface area contributed by atoms with E-state index in [0.717, 1.165) is 24.5 Å². The summed E-state index contributed by atoms with van der Waals surface area (Å²) in [6.45, 7) is 0. The van der Waals surface area contributed by atoms with Crippen molar-refractivity contribution in [3.8, 4) is 0 Å². The molecule has 1 heterocycles. The van der Waals surface area contributed by atoms with Gasteiger partial charge in [0.15, 0.2) is 5.82 Å². The summed E-state index contributed by atoms with van der Waals surface area (Å²) in [4.78, 5) is 4.56. The fourth-order valence-corrected chi connectivity index (χ4v) is 3.07. The molecule has 0 amide bonds. The fraction of sp³-hybridized carbons (Fsp3) is 0.429. The third-order valence-corrected chi connectivity index (χ3v) is 4.12. The van der Waals surface area contributed by atoms with Gasteiger partial charge in [-0.2, -0.15) is 5.10 Å². The van der Waals surface area contributed by atoms with Gasteiger partial charge >= 0.3 is 0 Å². The average molecular weight is 262 g/mol. The van der Waals surface area contributed by atoms with Gasteiger partial charge in [-0.25, -0.2) is 4.98 Å². The van der Waals surface area contributed by atoms with Crippen molar-refractivity contribution in [3.05, 3.63) is 47.5 Å². The van der Waals surface area contributed by atoms with Gasteiger partial charge in [0.25, 0.3) is 0 Å². The van der Waals surface area contributed by atoms with Gasteiger partial charge in [-0.05, 0) is 18.4 Å². The van der Waals surface area contributed by atoms with E-state index in [2.05, 4.69) is 39.4 Å². The van der Waals surface area contributed by atoms with Crippen LogP contribution in [0.3, 0.4) is 0 Å². The van der Waals surface area contributed by atoms with E-state index < -0.39 is 0 Å². The Balaban J connectivity index is 2.06. The Morgan fingerprint density at radius 1 is 1.17 bits per heavy atom. The third kappa shape index (κ3) is 1.83. The van der Waals surface area contributed by atoms with Crippen molar-refractivity contribution in [2.45, 2.75) is 37.0 Å². The molecule has 0 aliphatic heterocycles. The third-order valence-electron chi connectivity index (χ3n) is 3.87. The number of halogens is 1. The molecule has 1 aromatic heterocycles. The summed E-state index contributed by atoms with van der Waals surface area (Å²) >= 11 is 5.80. The number of alkyl halides is 1. The van der Waals surface area contributed by atoms with Crippen molar-refractivity contribution >= 4 is 11.6 Å². The summed E-state index contributed by atoms with van der Waals surface area (Å²) in [6, 6.07) is 10.6. The van der Waals surface area contributed by atoms with Crippen molar-refractivity contribution in [3.63, 3.8) is 0 Å². The molecule has 0 radical (unpaired) electrons. The fourth-order valence-electron chi connectivity index (χ4n) is 2.95. The van der Waals surface area contributed by atoms with E-state index in [1.165, 1.54) is 18.4 Å². The van der Waals surface area contributed by atoms with E-state index in [9.17, 15) is 0 Å². The van der Waals surface area contributed by atoms with Crippen LogP contribution in [0.1, 0.15) is 42.9 Å². The predicted octanol–water partition coefficient (Wildman–Crippen LogP) is 3.40. The molecule has 1 fully saturated rings. The first-order chi connectivity index (χ1) is 8.85. The first kappa shape index (κ1) is 11.7. The van der Waals surface area contributed by atoms with Crippen molar-refractivity contribution < 1.29 is 0 Å². The van der Waals surface area contributed by atoms with Crippen LogP contribution in [0.25, 0.3) is 0 Å². The van der Waals surface area contributed by atoms with Crippen LogP contribution in [0.5, 0.6) is 0 Å². The number of aromatic nitrogens is 3. The van der Waals surface area contributed by atoms with Crippen molar-refractivity contribution in [1.82, 2.24) is 15.2 Å². The number of nitrogens with one attached hydrogen (secondary N) is 1. The number of rotatable bonds is 3. The quantitative estimate of drug-likeness (QED) is 0.861. The molecular formula is C14H16ClN3. The van der Waals surface area contributed by atoms with Gasteiger partial charge in [-0.3, -0.25) is 5.10 Å². The van der Waals surface area contributed by atoms with Crippen LogP contribution >= 0.6 is 11.6 Å². The molecule has 18 heavy (non-hydrogen) atoms. The van der Waals surface area contributed by atoms with Gasteiger partial charge in [0.2, 0.25) is 0 Å². The summed E-state index contributed by atoms with van der Waals surface area (Å²) in [5, 5.41) is 7.33. The Morgan fingerprint density at radius 2 is 1.89 bits per heavy atom. The minimum atomic E-state index is -0.0118. The minimum absolute atomic E-state index is 0.0118. The Bertz CT molecular complexity index is 515. The topological polar surface area (TPSA) is 41.6 Å². The molecule has 0 spiro atoms. The molecule has 0 saturated heterocycles. The van der Waals surface area contributed by atoms with Crippen LogP contribution in [-0.2, 0) is 11.3 Å². The molecule has 1 N–H and O–H groups in total. The average Bonchev–Trinajstić information content (AvgIpc) is 3.09. The second-order valence-corrected chi connectivity index (χ2v) is 5.16. The molecule has 0 unspecified atom stereocenters.